The average Bonchev–Trinajstić information content (AvgIpc) is 3.76. The van der Waals surface area contributed by atoms with Crippen LogP contribution in [0.1, 0.15) is 110 Å². The largest absolute Gasteiger partial charge is 0.375 e. The van der Waals surface area contributed by atoms with E-state index in [1.165, 1.54) is 118 Å². The lowest BCUT2D eigenvalue weighted by Crippen LogP contribution is -2.55. The Morgan fingerprint density at radius 1 is 0.556 bits per heavy atom. The number of benzene rings is 7. The van der Waals surface area contributed by atoms with Crippen molar-refractivity contribution in [2.24, 2.45) is 0 Å². The molecule has 1 aliphatic carbocycles. The predicted molar refractivity (Wildman–Crippen MR) is 272 cm³/mol. The average molecular weight is 820 g/mol. The van der Waals surface area contributed by atoms with E-state index in [4.69, 9.17) is 0 Å². The minimum Gasteiger partial charge on any atom is -0.375 e. The summed E-state index contributed by atoms with van der Waals surface area (Å²) in [7, 11) is 0. The van der Waals surface area contributed by atoms with Crippen molar-refractivity contribution in [2.45, 2.75) is 111 Å². The molecular formula is C59H58BN3. The first kappa shape index (κ1) is 38.7. The monoisotopic (exact) mass is 819 g/mol. The van der Waals surface area contributed by atoms with Crippen molar-refractivity contribution < 1.29 is 0 Å². The third-order valence-electron chi connectivity index (χ3n) is 15.4. The van der Waals surface area contributed by atoms with Crippen molar-refractivity contribution in [1.29, 1.82) is 0 Å². The summed E-state index contributed by atoms with van der Waals surface area (Å²) in [5.41, 5.74) is 22.8. The number of hydrogen-bond donors (Lipinski definition) is 0. The molecule has 0 saturated heterocycles. The van der Waals surface area contributed by atoms with Gasteiger partial charge >= 0.3 is 6.85 Å². The molecule has 2 aromatic heterocycles. The molecule has 312 valence electrons. The molecular weight excluding hydrogens is 761 g/mol. The molecule has 0 spiro atoms. The fraction of sp³-hybridized carbons (Fsp3) is 0.288. The molecule has 0 atom stereocenters. The van der Waals surface area contributed by atoms with Crippen LogP contribution in [0.5, 0.6) is 0 Å². The molecule has 0 radical (unpaired) electrons. The number of nitrogens with zero attached hydrogens (tertiary/aromatic N) is 3. The van der Waals surface area contributed by atoms with E-state index in [0.29, 0.717) is 0 Å². The highest BCUT2D eigenvalue weighted by molar-refractivity contribution is 6.90. The molecule has 2 aliphatic heterocycles. The number of hydrogen-bond acceptors (Lipinski definition) is 1. The Morgan fingerprint density at radius 3 is 1.81 bits per heavy atom. The van der Waals surface area contributed by atoms with Crippen LogP contribution in [-0.4, -0.2) is 15.9 Å². The second-order valence-corrected chi connectivity index (χ2v) is 22.6. The van der Waals surface area contributed by atoms with Gasteiger partial charge in [0.15, 0.2) is 0 Å². The van der Waals surface area contributed by atoms with Gasteiger partial charge in [0.2, 0.25) is 0 Å². The zero-order chi connectivity index (χ0) is 43.7. The van der Waals surface area contributed by atoms with Crippen LogP contribution in [0.15, 0.2) is 127 Å². The maximum Gasteiger partial charge on any atom is 0.333 e. The van der Waals surface area contributed by atoms with Crippen LogP contribution in [0.3, 0.4) is 0 Å². The smallest absolute Gasteiger partial charge is 0.333 e. The number of fused-ring (bicyclic) bond motifs is 11. The van der Waals surface area contributed by atoms with Crippen molar-refractivity contribution in [1.82, 2.24) is 9.05 Å². The number of anilines is 3. The highest BCUT2D eigenvalue weighted by Gasteiger charge is 2.44. The first-order valence-corrected chi connectivity index (χ1v) is 23.3. The molecule has 0 bridgehead atoms. The fourth-order valence-corrected chi connectivity index (χ4v) is 11.9. The molecule has 0 amide bonds. The summed E-state index contributed by atoms with van der Waals surface area (Å²) < 4.78 is 5.45. The summed E-state index contributed by atoms with van der Waals surface area (Å²) in [5, 5.41) is 5.37. The van der Waals surface area contributed by atoms with Gasteiger partial charge in [0.25, 0.3) is 0 Å². The van der Waals surface area contributed by atoms with E-state index < -0.39 is 0 Å². The minimum atomic E-state index is -0.0175. The standard InChI is InChI=1S/C59H58BN3/c1-35-28-41-43-32-37(57(5,6)7)31-42-40-30-36(56(2,3)4)22-24-48(40)63(54(42)43)60-47-23-25-49(61(38-18-14-12-15-19-38)39-20-16-13-17-21-39)52-44-33-45-46(59(10,11)27-26-58(45,8)9)34-50(44)62(55(47)52)51(29-35)53(41)60/h12-25,28-34H,26-27H2,1-11H3. The number of aromatic nitrogens is 2. The van der Waals surface area contributed by atoms with E-state index in [1.54, 1.807) is 0 Å². The van der Waals surface area contributed by atoms with Gasteiger partial charge in [-0.25, -0.2) is 0 Å². The predicted octanol–water partition coefficient (Wildman–Crippen LogP) is 14.6. The van der Waals surface area contributed by atoms with Gasteiger partial charge in [-0.15, -0.1) is 0 Å². The van der Waals surface area contributed by atoms with E-state index in [-0.39, 0.29) is 28.5 Å². The Bertz CT molecular complexity index is 3380. The molecule has 4 heteroatoms. The molecule has 0 saturated carbocycles. The van der Waals surface area contributed by atoms with Gasteiger partial charge in [-0.2, -0.15) is 0 Å². The van der Waals surface area contributed by atoms with Gasteiger partial charge in [-0.3, -0.25) is 0 Å². The summed E-state index contributed by atoms with van der Waals surface area (Å²) in [6, 6.07) is 49.6. The Kier molecular flexibility index (Phi) is 7.73. The first-order valence-electron chi connectivity index (χ1n) is 23.3. The van der Waals surface area contributed by atoms with Crippen LogP contribution in [0.4, 0.5) is 17.1 Å². The Labute approximate surface area is 373 Å². The second-order valence-electron chi connectivity index (χ2n) is 22.6. The lowest BCUT2D eigenvalue weighted by atomic mass is 9.45. The van der Waals surface area contributed by atoms with Crippen LogP contribution >= 0.6 is 0 Å². The van der Waals surface area contributed by atoms with E-state index in [1.807, 2.05) is 0 Å². The lowest BCUT2D eigenvalue weighted by Gasteiger charge is -2.42. The number of para-hydroxylation sites is 2. The van der Waals surface area contributed by atoms with Crippen LogP contribution in [0.25, 0.3) is 60.4 Å². The van der Waals surface area contributed by atoms with Crippen LogP contribution in [0.2, 0.25) is 0 Å². The van der Waals surface area contributed by atoms with Gasteiger partial charge in [-0.1, -0.05) is 124 Å². The quantitative estimate of drug-likeness (QED) is 0.162. The van der Waals surface area contributed by atoms with Crippen LogP contribution < -0.4 is 15.8 Å². The van der Waals surface area contributed by atoms with E-state index >= 15 is 0 Å². The minimum absolute atomic E-state index is 0.0122. The van der Waals surface area contributed by atoms with Gasteiger partial charge in [0, 0.05) is 55.2 Å². The van der Waals surface area contributed by atoms with Crippen molar-refractivity contribution >= 4 is 78.4 Å². The van der Waals surface area contributed by atoms with Gasteiger partial charge in [0.05, 0.1) is 16.7 Å². The van der Waals surface area contributed by atoms with E-state index in [0.717, 1.165) is 11.4 Å². The Balaban J connectivity index is 1.29. The molecule has 63 heavy (non-hydrogen) atoms. The van der Waals surface area contributed by atoms with Crippen molar-refractivity contribution in [3.8, 4) is 16.8 Å². The van der Waals surface area contributed by atoms with E-state index in [2.05, 4.69) is 217 Å². The maximum absolute atomic E-state index is 2.75. The highest BCUT2D eigenvalue weighted by atomic mass is 15.1. The summed E-state index contributed by atoms with van der Waals surface area (Å²) in [5.74, 6) is 0. The SMILES string of the molecule is Cc1cc2c3c(c1)-n1c4cc5c(cc4c4c(N(c6ccccc6)c6ccccc6)ccc(c41)B3n1c3ccc(C(C)(C)C)cc3c3cc(C(C)(C)C)cc-2c31)C(C)(C)CCC5(C)C. The summed E-state index contributed by atoms with van der Waals surface area (Å²) >= 11 is 0. The molecule has 4 heterocycles. The molecule has 0 unspecified atom stereocenters. The topological polar surface area (TPSA) is 13.1 Å². The normalized spacial score (nSPS) is 16.0. The Morgan fingerprint density at radius 2 is 1.17 bits per heavy atom. The van der Waals surface area contributed by atoms with Gasteiger partial charge < -0.3 is 13.9 Å². The van der Waals surface area contributed by atoms with Crippen molar-refractivity contribution in [3.05, 3.63) is 155 Å². The summed E-state index contributed by atoms with van der Waals surface area (Å²) in [6.45, 7) is 26.3. The highest BCUT2D eigenvalue weighted by Crippen LogP contribution is 2.52. The van der Waals surface area contributed by atoms with Gasteiger partial charge in [0.1, 0.15) is 0 Å². The first-order chi connectivity index (χ1) is 29.9. The second kappa shape index (κ2) is 12.6. The molecule has 7 aromatic carbocycles. The van der Waals surface area contributed by atoms with Crippen molar-refractivity contribution in [3.63, 3.8) is 0 Å². The fourth-order valence-electron chi connectivity index (χ4n) is 11.9. The molecule has 0 N–H and O–H groups in total. The third-order valence-corrected chi connectivity index (χ3v) is 15.4. The molecule has 3 nitrogen and oxygen atoms in total. The summed E-state index contributed by atoms with van der Waals surface area (Å²) in [6.07, 6.45) is 2.35. The number of rotatable bonds is 3. The Hall–Kier alpha value is -6.00. The molecule has 12 rings (SSSR count). The van der Waals surface area contributed by atoms with Crippen molar-refractivity contribution in [2.75, 3.05) is 4.90 Å². The van der Waals surface area contributed by atoms with Crippen LogP contribution in [-0.2, 0) is 21.7 Å². The molecule has 3 aliphatic rings. The zero-order valence-electron chi connectivity index (χ0n) is 39.0. The maximum atomic E-state index is 2.75. The third kappa shape index (κ3) is 5.33. The molecule has 0 fully saturated rings. The summed E-state index contributed by atoms with van der Waals surface area (Å²) in [4.78, 5) is 2.50. The lowest BCUT2D eigenvalue weighted by molar-refractivity contribution is 0.332. The molecule has 9 aromatic rings. The zero-order valence-corrected chi connectivity index (χ0v) is 39.0. The van der Waals surface area contributed by atoms with Gasteiger partial charge in [-0.05, 0) is 159 Å². The van der Waals surface area contributed by atoms with Crippen LogP contribution in [0, 0.1) is 6.92 Å². The number of aryl methyl sites for hydroxylation is 1. The van der Waals surface area contributed by atoms with E-state index in [9.17, 15) is 0 Å².